The number of esters is 1. The number of benzene rings is 3. The molecule has 0 aliphatic carbocycles. The number of rotatable bonds is 7. The molecule has 164 valence electrons. The summed E-state index contributed by atoms with van der Waals surface area (Å²) >= 11 is 21.1. The van der Waals surface area contributed by atoms with Crippen molar-refractivity contribution >= 4 is 68.8 Å². The standard InChI is InChI=1S/C22H14BrCl3N2O4/c23-15-6-9-18(32-22(30)13-4-7-16(24)8-5-13)14(10-15)11-27-28-20(29)12-31-19-3-1-2-17(25)21(19)26/h1-11H,12H2,(H,28,29)/b27-11+. The topological polar surface area (TPSA) is 77.0 Å². The number of ether oxygens (including phenoxy) is 2. The quantitative estimate of drug-likeness (QED) is 0.164. The van der Waals surface area contributed by atoms with Crippen LogP contribution in [0.3, 0.4) is 0 Å². The van der Waals surface area contributed by atoms with Crippen molar-refractivity contribution in [2.45, 2.75) is 0 Å². The number of nitrogens with one attached hydrogen (secondary N) is 1. The molecule has 0 atom stereocenters. The van der Waals surface area contributed by atoms with E-state index in [4.69, 9.17) is 44.3 Å². The van der Waals surface area contributed by atoms with Crippen LogP contribution >= 0.6 is 50.7 Å². The van der Waals surface area contributed by atoms with Gasteiger partial charge in [-0.1, -0.05) is 56.8 Å². The Morgan fingerprint density at radius 1 is 1.00 bits per heavy atom. The number of carbonyl (C=O) groups is 2. The fraction of sp³-hybridized carbons (Fsp3) is 0.0455. The summed E-state index contributed by atoms with van der Waals surface area (Å²) in [5.74, 6) is -0.545. The molecule has 6 nitrogen and oxygen atoms in total. The van der Waals surface area contributed by atoms with Crippen LogP contribution in [0.15, 0.2) is 70.2 Å². The van der Waals surface area contributed by atoms with E-state index in [1.54, 1.807) is 60.7 Å². The Kier molecular flexibility index (Phi) is 8.53. The SMILES string of the molecule is O=C(COc1cccc(Cl)c1Cl)N/N=C/c1cc(Br)ccc1OC(=O)c1ccc(Cl)cc1. The van der Waals surface area contributed by atoms with Crippen LogP contribution in [-0.2, 0) is 4.79 Å². The zero-order chi connectivity index (χ0) is 23.1. The third kappa shape index (κ3) is 6.71. The molecular weight excluding hydrogens is 543 g/mol. The number of amides is 1. The van der Waals surface area contributed by atoms with E-state index in [0.29, 0.717) is 21.2 Å². The summed E-state index contributed by atoms with van der Waals surface area (Å²) in [4.78, 5) is 24.4. The molecule has 0 aromatic heterocycles. The summed E-state index contributed by atoms with van der Waals surface area (Å²) in [5, 5.41) is 4.94. The Balaban J connectivity index is 1.63. The van der Waals surface area contributed by atoms with Crippen LogP contribution < -0.4 is 14.9 Å². The van der Waals surface area contributed by atoms with Crippen LogP contribution in [0.5, 0.6) is 11.5 Å². The molecule has 1 amide bonds. The predicted octanol–water partition coefficient (Wildman–Crippen LogP) is 6.16. The van der Waals surface area contributed by atoms with E-state index in [1.807, 2.05) is 0 Å². The molecule has 0 spiro atoms. The third-order valence-electron chi connectivity index (χ3n) is 3.92. The van der Waals surface area contributed by atoms with Gasteiger partial charge in [0.25, 0.3) is 5.91 Å². The number of hydrogen-bond acceptors (Lipinski definition) is 5. The molecule has 3 aromatic carbocycles. The Labute approximate surface area is 207 Å². The largest absolute Gasteiger partial charge is 0.482 e. The summed E-state index contributed by atoms with van der Waals surface area (Å²) in [6.07, 6.45) is 1.35. The molecule has 0 saturated heterocycles. The highest BCUT2D eigenvalue weighted by atomic mass is 79.9. The van der Waals surface area contributed by atoms with Crippen LogP contribution in [0, 0.1) is 0 Å². The van der Waals surface area contributed by atoms with Gasteiger partial charge in [-0.3, -0.25) is 4.79 Å². The maximum atomic E-state index is 12.4. The first-order valence-corrected chi connectivity index (χ1v) is 10.9. The van der Waals surface area contributed by atoms with Gasteiger partial charge in [-0.25, -0.2) is 10.2 Å². The molecule has 0 aliphatic heterocycles. The van der Waals surface area contributed by atoms with Crippen LogP contribution in [0.25, 0.3) is 0 Å². The van der Waals surface area contributed by atoms with Crippen LogP contribution in [0.1, 0.15) is 15.9 Å². The van der Waals surface area contributed by atoms with Crippen molar-refractivity contribution in [3.63, 3.8) is 0 Å². The molecular formula is C22H14BrCl3N2O4. The first kappa shape index (κ1) is 24.1. The smallest absolute Gasteiger partial charge is 0.343 e. The van der Waals surface area contributed by atoms with Crippen molar-refractivity contribution in [2.24, 2.45) is 5.10 Å². The summed E-state index contributed by atoms with van der Waals surface area (Å²) < 4.78 is 11.5. The van der Waals surface area contributed by atoms with Crippen molar-refractivity contribution in [3.05, 3.63) is 91.3 Å². The molecule has 3 rings (SSSR count). The lowest BCUT2D eigenvalue weighted by Gasteiger charge is -2.09. The first-order chi connectivity index (χ1) is 15.3. The van der Waals surface area contributed by atoms with E-state index in [9.17, 15) is 9.59 Å². The van der Waals surface area contributed by atoms with Gasteiger partial charge >= 0.3 is 5.97 Å². The van der Waals surface area contributed by atoms with Crippen LogP contribution in [0.4, 0.5) is 0 Å². The monoisotopic (exact) mass is 554 g/mol. The Morgan fingerprint density at radius 3 is 2.50 bits per heavy atom. The Hall–Kier alpha value is -2.58. The van der Waals surface area contributed by atoms with Crippen molar-refractivity contribution in [3.8, 4) is 11.5 Å². The molecule has 0 fully saturated rings. The van der Waals surface area contributed by atoms with Gasteiger partial charge in [-0.05, 0) is 54.6 Å². The minimum atomic E-state index is -0.561. The van der Waals surface area contributed by atoms with Gasteiger partial charge < -0.3 is 9.47 Å². The molecule has 3 aromatic rings. The lowest BCUT2D eigenvalue weighted by Crippen LogP contribution is -2.24. The highest BCUT2D eigenvalue weighted by Gasteiger charge is 2.12. The molecule has 0 aliphatic rings. The average Bonchev–Trinajstić information content (AvgIpc) is 2.77. The number of halogens is 4. The second-order valence-electron chi connectivity index (χ2n) is 6.21. The lowest BCUT2D eigenvalue weighted by molar-refractivity contribution is -0.123. The number of carbonyl (C=O) groups excluding carboxylic acids is 2. The maximum Gasteiger partial charge on any atom is 0.343 e. The molecule has 0 bridgehead atoms. The van der Waals surface area contributed by atoms with E-state index >= 15 is 0 Å². The van der Waals surface area contributed by atoms with E-state index < -0.39 is 11.9 Å². The van der Waals surface area contributed by atoms with Gasteiger partial charge in [0, 0.05) is 15.1 Å². The lowest BCUT2D eigenvalue weighted by atomic mass is 10.2. The minimum Gasteiger partial charge on any atom is -0.482 e. The Morgan fingerprint density at radius 2 is 1.75 bits per heavy atom. The van der Waals surface area contributed by atoms with Crippen LogP contribution in [0.2, 0.25) is 15.1 Å². The fourth-order valence-corrected chi connectivity index (χ4v) is 3.25. The summed E-state index contributed by atoms with van der Waals surface area (Å²) in [6.45, 7) is -0.325. The van der Waals surface area contributed by atoms with Gasteiger partial charge in [-0.2, -0.15) is 5.10 Å². The molecule has 0 saturated carbocycles. The van der Waals surface area contributed by atoms with E-state index in [-0.39, 0.29) is 23.1 Å². The molecule has 1 N–H and O–H groups in total. The van der Waals surface area contributed by atoms with Crippen molar-refractivity contribution < 1.29 is 19.1 Å². The van der Waals surface area contributed by atoms with E-state index in [2.05, 4.69) is 26.5 Å². The van der Waals surface area contributed by atoms with Crippen LogP contribution in [-0.4, -0.2) is 24.7 Å². The maximum absolute atomic E-state index is 12.4. The predicted molar refractivity (Wildman–Crippen MR) is 128 cm³/mol. The molecule has 0 unspecified atom stereocenters. The zero-order valence-corrected chi connectivity index (χ0v) is 20.0. The third-order valence-corrected chi connectivity index (χ3v) is 5.47. The van der Waals surface area contributed by atoms with Crippen molar-refractivity contribution in [2.75, 3.05) is 6.61 Å². The number of nitrogens with zero attached hydrogens (tertiary/aromatic N) is 1. The van der Waals surface area contributed by atoms with Gasteiger partial charge in [0.1, 0.15) is 16.5 Å². The second-order valence-corrected chi connectivity index (χ2v) is 8.35. The Bertz CT molecular complexity index is 1170. The number of hydrogen-bond donors (Lipinski definition) is 1. The van der Waals surface area contributed by atoms with Crippen molar-refractivity contribution in [1.29, 1.82) is 0 Å². The van der Waals surface area contributed by atoms with Crippen molar-refractivity contribution in [1.82, 2.24) is 5.43 Å². The molecule has 0 radical (unpaired) electrons. The first-order valence-electron chi connectivity index (χ1n) is 8.99. The second kappa shape index (κ2) is 11.3. The fourth-order valence-electron chi connectivity index (χ4n) is 2.40. The summed E-state index contributed by atoms with van der Waals surface area (Å²) in [6, 6.07) is 16.2. The van der Waals surface area contributed by atoms with Gasteiger partial charge in [0.05, 0.1) is 16.8 Å². The van der Waals surface area contributed by atoms with Gasteiger partial charge in [0.2, 0.25) is 0 Å². The average molecular weight is 557 g/mol. The normalized spacial score (nSPS) is 10.8. The van der Waals surface area contributed by atoms with Gasteiger partial charge in [-0.15, -0.1) is 0 Å². The minimum absolute atomic E-state index is 0.215. The zero-order valence-electron chi connectivity index (χ0n) is 16.2. The van der Waals surface area contributed by atoms with Gasteiger partial charge in [0.15, 0.2) is 6.61 Å². The molecule has 32 heavy (non-hydrogen) atoms. The number of hydrazone groups is 1. The summed E-state index contributed by atoms with van der Waals surface area (Å²) in [5.41, 5.74) is 3.13. The molecule has 10 heteroatoms. The molecule has 0 heterocycles. The highest BCUT2D eigenvalue weighted by molar-refractivity contribution is 9.10. The van der Waals surface area contributed by atoms with E-state index in [0.717, 1.165) is 4.47 Å². The highest BCUT2D eigenvalue weighted by Crippen LogP contribution is 2.31. The van der Waals surface area contributed by atoms with E-state index in [1.165, 1.54) is 6.21 Å². The summed E-state index contributed by atoms with van der Waals surface area (Å²) in [7, 11) is 0.